The smallest absolute Gasteiger partial charge is 0.257 e. The highest BCUT2D eigenvalue weighted by atomic mass is 79.9. The molecule has 0 atom stereocenters. The summed E-state index contributed by atoms with van der Waals surface area (Å²) in [7, 11) is 0. The van der Waals surface area contributed by atoms with E-state index in [4.69, 9.17) is 11.6 Å². The van der Waals surface area contributed by atoms with Crippen molar-refractivity contribution in [1.29, 1.82) is 0 Å². The summed E-state index contributed by atoms with van der Waals surface area (Å²) in [5, 5.41) is 2.83. The van der Waals surface area contributed by atoms with Gasteiger partial charge >= 0.3 is 0 Å². The Kier molecular flexibility index (Phi) is 4.17. The second-order valence-electron chi connectivity index (χ2n) is 3.84. The Hall–Kier alpha value is -1.46. The van der Waals surface area contributed by atoms with E-state index in [1.807, 2.05) is 0 Å². The number of nitrogens with zero attached hydrogens (tertiary/aromatic N) is 1. The molecule has 0 saturated carbocycles. The van der Waals surface area contributed by atoms with Crippen LogP contribution in [0.2, 0.25) is 5.02 Å². The van der Waals surface area contributed by atoms with Crippen molar-refractivity contribution in [3.8, 4) is 0 Å². The van der Waals surface area contributed by atoms with Crippen LogP contribution >= 0.6 is 27.5 Å². The number of halogens is 3. The van der Waals surface area contributed by atoms with Gasteiger partial charge in [0.1, 0.15) is 5.82 Å². The number of nitrogens with one attached hydrogen (secondary N) is 1. The van der Waals surface area contributed by atoms with Gasteiger partial charge in [-0.2, -0.15) is 0 Å². The second-order valence-corrected chi connectivity index (χ2v) is 5.07. The lowest BCUT2D eigenvalue weighted by molar-refractivity contribution is 0.102. The van der Waals surface area contributed by atoms with Crippen LogP contribution in [0.25, 0.3) is 0 Å². The van der Waals surface area contributed by atoms with Gasteiger partial charge in [0.15, 0.2) is 0 Å². The molecule has 0 spiro atoms. The Morgan fingerprint density at radius 2 is 2.21 bits per heavy atom. The van der Waals surface area contributed by atoms with Gasteiger partial charge in [0, 0.05) is 11.2 Å². The monoisotopic (exact) mass is 342 g/mol. The van der Waals surface area contributed by atoms with Crippen molar-refractivity contribution < 1.29 is 9.18 Å². The first kappa shape index (κ1) is 14.0. The maximum Gasteiger partial charge on any atom is 0.257 e. The summed E-state index contributed by atoms with van der Waals surface area (Å²) in [5.74, 6) is -1.04. The van der Waals surface area contributed by atoms with Crippen molar-refractivity contribution >= 4 is 39.1 Å². The average Bonchev–Trinajstić information content (AvgIpc) is 2.36. The number of benzene rings is 1. The molecule has 1 aromatic heterocycles. The zero-order chi connectivity index (χ0) is 14.0. The lowest BCUT2D eigenvalue weighted by Gasteiger charge is -2.09. The zero-order valence-electron chi connectivity index (χ0n) is 9.88. The van der Waals surface area contributed by atoms with E-state index in [0.29, 0.717) is 11.4 Å². The van der Waals surface area contributed by atoms with Crippen LogP contribution in [0.15, 0.2) is 34.9 Å². The molecule has 1 amide bonds. The minimum absolute atomic E-state index is 0.0796. The van der Waals surface area contributed by atoms with Gasteiger partial charge in [-0.25, -0.2) is 4.39 Å². The molecule has 0 radical (unpaired) electrons. The van der Waals surface area contributed by atoms with Gasteiger partial charge < -0.3 is 5.32 Å². The van der Waals surface area contributed by atoms with Crippen LogP contribution in [-0.2, 0) is 0 Å². The molecule has 0 aliphatic rings. The number of amides is 1. The molecule has 6 heteroatoms. The van der Waals surface area contributed by atoms with Gasteiger partial charge in [-0.15, -0.1) is 0 Å². The van der Waals surface area contributed by atoms with Gasteiger partial charge in [0.2, 0.25) is 0 Å². The molecule has 3 nitrogen and oxygen atoms in total. The molecule has 2 rings (SSSR count). The first-order valence-electron chi connectivity index (χ1n) is 5.36. The Morgan fingerprint density at radius 3 is 2.89 bits per heavy atom. The fourth-order valence-corrected chi connectivity index (χ4v) is 2.14. The van der Waals surface area contributed by atoms with Crippen molar-refractivity contribution in [3.05, 3.63) is 57.0 Å². The molecule has 1 N–H and O–H groups in total. The fraction of sp³-hybridized carbons (Fsp3) is 0.0769. The molecule has 19 heavy (non-hydrogen) atoms. The minimum Gasteiger partial charge on any atom is -0.320 e. The number of hydrogen-bond acceptors (Lipinski definition) is 2. The summed E-state index contributed by atoms with van der Waals surface area (Å²) >= 11 is 8.78. The fourth-order valence-electron chi connectivity index (χ4n) is 1.53. The van der Waals surface area contributed by atoms with Crippen LogP contribution < -0.4 is 5.32 Å². The number of aromatic nitrogens is 1. The van der Waals surface area contributed by atoms with E-state index in [9.17, 15) is 9.18 Å². The number of carbonyl (C=O) groups excluding carboxylic acids is 1. The maximum atomic E-state index is 13.5. The van der Waals surface area contributed by atoms with Gasteiger partial charge in [-0.3, -0.25) is 9.78 Å². The predicted octanol–water partition coefficient (Wildman–Crippen LogP) is 4.20. The third-order valence-electron chi connectivity index (χ3n) is 2.49. The normalized spacial score (nSPS) is 10.3. The summed E-state index contributed by atoms with van der Waals surface area (Å²) in [6.07, 6.45) is 1.62. The van der Waals surface area contributed by atoms with Crippen LogP contribution in [0, 0.1) is 12.7 Å². The van der Waals surface area contributed by atoms with E-state index >= 15 is 0 Å². The Balaban J connectivity index is 2.33. The highest BCUT2D eigenvalue weighted by Gasteiger charge is 2.15. The number of aryl methyl sites for hydroxylation is 1. The van der Waals surface area contributed by atoms with Crippen LogP contribution in [0.5, 0.6) is 0 Å². The second kappa shape index (κ2) is 5.67. The third-order valence-corrected chi connectivity index (χ3v) is 3.52. The first-order valence-corrected chi connectivity index (χ1v) is 6.53. The molecule has 1 heterocycles. The molecule has 1 aromatic carbocycles. The van der Waals surface area contributed by atoms with E-state index in [0.717, 1.165) is 6.07 Å². The van der Waals surface area contributed by atoms with Crippen LogP contribution in [0.4, 0.5) is 10.1 Å². The topological polar surface area (TPSA) is 42.0 Å². The Bertz CT molecular complexity index is 649. The molecule has 0 aliphatic heterocycles. The Labute approximate surface area is 122 Å². The van der Waals surface area contributed by atoms with Gasteiger partial charge in [-0.05, 0) is 47.1 Å². The van der Waals surface area contributed by atoms with E-state index in [1.165, 1.54) is 6.07 Å². The molecule has 0 fully saturated rings. The summed E-state index contributed by atoms with van der Waals surface area (Å²) in [4.78, 5) is 16.2. The Morgan fingerprint density at radius 1 is 1.47 bits per heavy atom. The molecule has 2 aromatic rings. The molecule has 0 aliphatic carbocycles. The number of rotatable bonds is 2. The summed E-state index contributed by atoms with van der Waals surface area (Å²) in [6, 6.07) is 5.96. The van der Waals surface area contributed by atoms with E-state index in [2.05, 4.69) is 26.2 Å². The summed E-state index contributed by atoms with van der Waals surface area (Å²) in [6.45, 7) is 1.77. The lowest BCUT2D eigenvalue weighted by atomic mass is 10.2. The van der Waals surface area contributed by atoms with E-state index in [-0.39, 0.29) is 15.1 Å². The largest absolute Gasteiger partial charge is 0.320 e. The van der Waals surface area contributed by atoms with Crippen molar-refractivity contribution in [2.45, 2.75) is 6.92 Å². The first-order chi connectivity index (χ1) is 8.99. The number of anilines is 1. The third kappa shape index (κ3) is 3.11. The highest BCUT2D eigenvalue weighted by Crippen LogP contribution is 2.26. The molecule has 0 bridgehead atoms. The van der Waals surface area contributed by atoms with Gasteiger partial charge in [-0.1, -0.05) is 11.6 Å². The van der Waals surface area contributed by atoms with E-state index < -0.39 is 11.7 Å². The van der Waals surface area contributed by atoms with Gasteiger partial charge in [0.05, 0.1) is 21.4 Å². The summed E-state index contributed by atoms with van der Waals surface area (Å²) in [5.41, 5.74) is 1.38. The zero-order valence-corrected chi connectivity index (χ0v) is 12.2. The lowest BCUT2D eigenvalue weighted by Crippen LogP contribution is -2.14. The average molecular weight is 344 g/mol. The number of carbonyl (C=O) groups is 1. The highest BCUT2D eigenvalue weighted by molar-refractivity contribution is 9.10. The molecule has 98 valence electrons. The van der Waals surface area contributed by atoms with Crippen LogP contribution in [-0.4, -0.2) is 10.9 Å². The maximum absolute atomic E-state index is 13.5. The number of pyridine rings is 1. The molecular weight excluding hydrogens is 335 g/mol. The van der Waals surface area contributed by atoms with Crippen molar-refractivity contribution in [2.24, 2.45) is 0 Å². The standard InChI is InChI=1S/C13H9BrClFN2O/c1-7-11(3-2-4-17-7)18-13(19)9-5-8(15)6-10(16)12(9)14/h2-6H,1H3,(H,18,19). The SMILES string of the molecule is Cc1ncccc1NC(=O)c1cc(Cl)cc(F)c1Br. The van der Waals surface area contributed by atoms with Crippen LogP contribution in [0.1, 0.15) is 16.1 Å². The molecular formula is C13H9BrClFN2O. The van der Waals surface area contributed by atoms with E-state index in [1.54, 1.807) is 25.3 Å². The molecule has 0 unspecified atom stereocenters. The predicted molar refractivity (Wildman–Crippen MR) is 76.0 cm³/mol. The minimum atomic E-state index is -0.583. The van der Waals surface area contributed by atoms with Crippen molar-refractivity contribution in [1.82, 2.24) is 4.98 Å². The van der Waals surface area contributed by atoms with Crippen LogP contribution in [0.3, 0.4) is 0 Å². The van der Waals surface area contributed by atoms with Crippen molar-refractivity contribution in [2.75, 3.05) is 5.32 Å². The van der Waals surface area contributed by atoms with Crippen molar-refractivity contribution in [3.63, 3.8) is 0 Å². The quantitative estimate of drug-likeness (QED) is 0.831. The van der Waals surface area contributed by atoms with Gasteiger partial charge in [0.25, 0.3) is 5.91 Å². The molecule has 0 saturated heterocycles. The number of hydrogen-bond donors (Lipinski definition) is 1. The summed E-state index contributed by atoms with van der Waals surface area (Å²) < 4.78 is 13.6.